The third-order valence-corrected chi connectivity index (χ3v) is 3.80. The molecule has 0 amide bonds. The molecule has 4 heteroatoms. The lowest BCUT2D eigenvalue weighted by Gasteiger charge is -2.03. The van der Waals surface area contributed by atoms with Gasteiger partial charge in [-0.15, -0.1) is 0 Å². The Morgan fingerprint density at radius 3 is 2.33 bits per heavy atom. The Hall–Kier alpha value is -3.01. The number of aromatic nitrogens is 1. The Kier molecular flexibility index (Phi) is 4.66. The van der Waals surface area contributed by atoms with Gasteiger partial charge in [0.15, 0.2) is 12.4 Å². The summed E-state index contributed by atoms with van der Waals surface area (Å²) in [7, 11) is 0. The highest BCUT2D eigenvalue weighted by Gasteiger charge is 2.14. The molecule has 3 aromatic rings. The number of nitrogens with zero attached hydrogens (tertiary/aromatic N) is 1. The lowest BCUT2D eigenvalue weighted by molar-refractivity contribution is -0.683. The van der Waals surface area contributed by atoms with Crippen LogP contribution >= 0.6 is 0 Å². The summed E-state index contributed by atoms with van der Waals surface area (Å²) in [6, 6.07) is 17.0. The van der Waals surface area contributed by atoms with Crippen LogP contribution in [-0.4, -0.2) is 18.4 Å². The largest absolute Gasteiger partial charge is 0.462 e. The van der Waals surface area contributed by atoms with Gasteiger partial charge in [0.2, 0.25) is 12.3 Å². The average Bonchev–Trinajstić information content (AvgIpc) is 2.62. The number of hydrogen-bond donors (Lipinski definition) is 0. The highest BCUT2D eigenvalue weighted by molar-refractivity contribution is 5.99. The summed E-state index contributed by atoms with van der Waals surface area (Å²) in [6.45, 7) is 2.33. The van der Waals surface area contributed by atoms with E-state index in [1.807, 2.05) is 42.5 Å². The van der Waals surface area contributed by atoms with Crippen molar-refractivity contribution in [2.24, 2.45) is 0 Å². The Morgan fingerprint density at radius 1 is 0.917 bits per heavy atom. The lowest BCUT2D eigenvalue weighted by Crippen LogP contribution is -2.37. The summed E-state index contributed by atoms with van der Waals surface area (Å²) in [4.78, 5) is 24.1. The van der Waals surface area contributed by atoms with E-state index in [1.165, 1.54) is 0 Å². The summed E-state index contributed by atoms with van der Waals surface area (Å²) in [5.74, 6) is -0.333. The molecule has 0 unspecified atom stereocenters. The van der Waals surface area contributed by atoms with Crippen molar-refractivity contribution in [1.82, 2.24) is 0 Å². The summed E-state index contributed by atoms with van der Waals surface area (Å²) in [5, 5.41) is 2.16. The molecule has 1 heterocycles. The van der Waals surface area contributed by atoms with E-state index < -0.39 is 0 Å². The minimum Gasteiger partial charge on any atom is -0.462 e. The zero-order valence-electron chi connectivity index (χ0n) is 13.4. The number of carbonyl (C=O) groups excluding carboxylic acids is 2. The predicted molar refractivity (Wildman–Crippen MR) is 90.9 cm³/mol. The van der Waals surface area contributed by atoms with Crippen LogP contribution in [0.15, 0.2) is 67.0 Å². The number of carbonyl (C=O) groups is 2. The minimum atomic E-state index is -0.356. The van der Waals surface area contributed by atoms with Crippen molar-refractivity contribution in [1.29, 1.82) is 0 Å². The standard InChI is InChI=1S/C20H18NO3/c1-2-24-20(23)16-9-11-21(12-10-16)14-19(22)18-8-7-15-5-3-4-6-17(15)13-18/h3-13H,2,14H2,1H3/q+1. The molecule has 0 aliphatic carbocycles. The molecule has 4 nitrogen and oxygen atoms in total. The van der Waals surface area contributed by atoms with Gasteiger partial charge in [0, 0.05) is 17.7 Å². The molecular weight excluding hydrogens is 302 g/mol. The molecule has 0 saturated carbocycles. The molecule has 0 atom stereocenters. The maximum atomic E-state index is 12.5. The average molecular weight is 320 g/mol. The van der Waals surface area contributed by atoms with Gasteiger partial charge in [0.1, 0.15) is 0 Å². The lowest BCUT2D eigenvalue weighted by atomic mass is 10.0. The number of ether oxygens (including phenoxy) is 1. The highest BCUT2D eigenvalue weighted by Crippen LogP contribution is 2.16. The molecule has 0 aliphatic rings. The van der Waals surface area contributed by atoms with Gasteiger partial charge in [-0.1, -0.05) is 36.4 Å². The van der Waals surface area contributed by atoms with Gasteiger partial charge >= 0.3 is 5.97 Å². The molecule has 0 N–H and O–H groups in total. The van der Waals surface area contributed by atoms with E-state index in [9.17, 15) is 9.59 Å². The molecule has 0 fully saturated rings. The summed E-state index contributed by atoms with van der Waals surface area (Å²) >= 11 is 0. The van der Waals surface area contributed by atoms with Crippen molar-refractivity contribution in [3.63, 3.8) is 0 Å². The number of benzene rings is 2. The van der Waals surface area contributed by atoms with Crippen LogP contribution in [0, 0.1) is 0 Å². The van der Waals surface area contributed by atoms with E-state index in [0.717, 1.165) is 10.8 Å². The second kappa shape index (κ2) is 7.04. The van der Waals surface area contributed by atoms with E-state index in [-0.39, 0.29) is 18.3 Å². The van der Waals surface area contributed by atoms with Gasteiger partial charge in [-0.05, 0) is 23.8 Å². The highest BCUT2D eigenvalue weighted by atomic mass is 16.5. The number of esters is 1. The monoisotopic (exact) mass is 320 g/mol. The van der Waals surface area contributed by atoms with Crippen LogP contribution in [0.2, 0.25) is 0 Å². The van der Waals surface area contributed by atoms with Gasteiger partial charge in [-0.2, -0.15) is 4.57 Å². The van der Waals surface area contributed by atoms with Gasteiger partial charge in [0.05, 0.1) is 12.2 Å². The zero-order valence-corrected chi connectivity index (χ0v) is 13.4. The maximum Gasteiger partial charge on any atom is 0.338 e. The van der Waals surface area contributed by atoms with Crippen LogP contribution in [0.25, 0.3) is 10.8 Å². The van der Waals surface area contributed by atoms with Crippen LogP contribution in [0.4, 0.5) is 0 Å². The van der Waals surface area contributed by atoms with Gasteiger partial charge in [0.25, 0.3) is 0 Å². The maximum absolute atomic E-state index is 12.5. The summed E-state index contributed by atoms with van der Waals surface area (Å²) in [5.41, 5.74) is 1.15. The first-order chi connectivity index (χ1) is 11.7. The third kappa shape index (κ3) is 3.49. The number of rotatable bonds is 5. The molecule has 0 saturated heterocycles. The molecule has 0 aliphatic heterocycles. The van der Waals surface area contributed by atoms with Gasteiger partial charge in [-0.25, -0.2) is 4.79 Å². The quantitative estimate of drug-likeness (QED) is 0.412. The number of hydrogen-bond acceptors (Lipinski definition) is 3. The zero-order chi connectivity index (χ0) is 16.9. The molecule has 24 heavy (non-hydrogen) atoms. The van der Waals surface area contributed by atoms with Crippen LogP contribution in [0.3, 0.4) is 0 Å². The van der Waals surface area contributed by atoms with Crippen LogP contribution in [0.5, 0.6) is 0 Å². The Morgan fingerprint density at radius 2 is 1.62 bits per heavy atom. The van der Waals surface area contributed by atoms with Crippen LogP contribution in [0.1, 0.15) is 27.6 Å². The molecule has 0 spiro atoms. The first-order valence-corrected chi connectivity index (χ1v) is 7.85. The SMILES string of the molecule is CCOC(=O)c1cc[n+](CC(=O)c2ccc3ccccc3c2)cc1. The number of Topliss-reactive ketones (excluding diaryl/α,β-unsaturated/α-hetero) is 1. The van der Waals surface area contributed by atoms with Crippen molar-refractivity contribution in [3.05, 3.63) is 78.1 Å². The Bertz CT molecular complexity index is 885. The Labute approximate surface area is 140 Å². The predicted octanol–water partition coefficient (Wildman–Crippen LogP) is 3.19. The molecule has 120 valence electrons. The molecule has 0 bridgehead atoms. The van der Waals surface area contributed by atoms with E-state index in [0.29, 0.717) is 17.7 Å². The first-order valence-electron chi connectivity index (χ1n) is 7.85. The topological polar surface area (TPSA) is 47.2 Å². The smallest absolute Gasteiger partial charge is 0.338 e. The van der Waals surface area contributed by atoms with Crippen molar-refractivity contribution in [3.8, 4) is 0 Å². The van der Waals surface area contributed by atoms with E-state index >= 15 is 0 Å². The number of pyridine rings is 1. The number of ketones is 1. The van der Waals surface area contributed by atoms with Gasteiger partial charge in [-0.3, -0.25) is 4.79 Å². The molecule has 3 rings (SSSR count). The van der Waals surface area contributed by atoms with Crippen molar-refractivity contribution in [2.75, 3.05) is 6.61 Å². The van der Waals surface area contributed by atoms with Crippen molar-refractivity contribution >= 4 is 22.5 Å². The van der Waals surface area contributed by atoms with Crippen molar-refractivity contribution < 1.29 is 18.9 Å². The molecule has 2 aromatic carbocycles. The molecule has 1 aromatic heterocycles. The summed E-state index contributed by atoms with van der Waals surface area (Å²) in [6.07, 6.45) is 3.43. The first kappa shape index (κ1) is 15.9. The fourth-order valence-corrected chi connectivity index (χ4v) is 2.53. The van der Waals surface area contributed by atoms with Gasteiger partial charge < -0.3 is 4.74 Å². The molecular formula is C20H18NO3+. The second-order valence-corrected chi connectivity index (χ2v) is 5.46. The fourth-order valence-electron chi connectivity index (χ4n) is 2.53. The third-order valence-electron chi connectivity index (χ3n) is 3.80. The fraction of sp³-hybridized carbons (Fsp3) is 0.150. The van der Waals surface area contributed by atoms with E-state index in [2.05, 4.69) is 0 Å². The number of fused-ring (bicyclic) bond motifs is 1. The summed E-state index contributed by atoms with van der Waals surface area (Å²) < 4.78 is 6.69. The second-order valence-electron chi connectivity index (χ2n) is 5.46. The van der Waals surface area contributed by atoms with Crippen LogP contribution < -0.4 is 4.57 Å². The minimum absolute atomic E-state index is 0.0228. The van der Waals surface area contributed by atoms with E-state index in [4.69, 9.17) is 4.74 Å². The van der Waals surface area contributed by atoms with E-state index in [1.54, 1.807) is 36.0 Å². The van der Waals surface area contributed by atoms with Crippen molar-refractivity contribution in [2.45, 2.75) is 13.5 Å². The van der Waals surface area contributed by atoms with Crippen LogP contribution in [-0.2, 0) is 11.3 Å². The molecule has 0 radical (unpaired) electrons. The normalized spacial score (nSPS) is 10.5. The Balaban J connectivity index is 1.74.